The molecule has 3 nitrogen and oxygen atoms in total. The molecule has 0 aromatic heterocycles. The van der Waals surface area contributed by atoms with Gasteiger partial charge in [-0.05, 0) is 37.0 Å². The summed E-state index contributed by atoms with van der Waals surface area (Å²) >= 11 is 2.27. The molecule has 2 rings (SSSR count). The number of sulfonamides is 1. The van der Waals surface area contributed by atoms with Crippen LogP contribution in [0, 0.1) is 12.8 Å². The second kappa shape index (κ2) is 8.97. The SMILES string of the molecule is CCC(Cc1ccccc1)C(CI)NS(=O)(=O)c1ccc(C)cc1. The van der Waals surface area contributed by atoms with E-state index in [9.17, 15) is 8.42 Å². The number of alkyl halides is 1. The van der Waals surface area contributed by atoms with Gasteiger partial charge in [0.2, 0.25) is 10.0 Å². The molecule has 2 unspecified atom stereocenters. The molecule has 0 aliphatic carbocycles. The molecule has 130 valence electrons. The number of rotatable bonds is 8. The van der Waals surface area contributed by atoms with E-state index in [1.54, 1.807) is 12.1 Å². The highest BCUT2D eigenvalue weighted by Gasteiger charge is 2.25. The van der Waals surface area contributed by atoms with Gasteiger partial charge in [0, 0.05) is 10.5 Å². The third-order valence-corrected chi connectivity index (χ3v) is 6.69. The van der Waals surface area contributed by atoms with Crippen LogP contribution in [0.1, 0.15) is 24.5 Å². The first-order valence-corrected chi connectivity index (χ1v) is 11.2. The van der Waals surface area contributed by atoms with Crippen molar-refractivity contribution in [3.8, 4) is 0 Å². The molecule has 2 aromatic carbocycles. The molecule has 0 fully saturated rings. The van der Waals surface area contributed by atoms with E-state index in [1.807, 2.05) is 37.3 Å². The third-order valence-electron chi connectivity index (χ3n) is 4.24. The lowest BCUT2D eigenvalue weighted by Gasteiger charge is -2.26. The second-order valence-corrected chi connectivity index (χ2v) is 8.65. The highest BCUT2D eigenvalue weighted by atomic mass is 127. The third kappa shape index (κ3) is 5.29. The minimum absolute atomic E-state index is 0.0814. The summed E-state index contributed by atoms with van der Waals surface area (Å²) in [4.78, 5) is 0.331. The van der Waals surface area contributed by atoms with E-state index in [1.165, 1.54) is 5.56 Å². The number of hydrogen-bond acceptors (Lipinski definition) is 2. The fourth-order valence-electron chi connectivity index (χ4n) is 2.73. The summed E-state index contributed by atoms with van der Waals surface area (Å²) in [7, 11) is -3.49. The van der Waals surface area contributed by atoms with Gasteiger partial charge in [-0.1, -0.05) is 84.0 Å². The zero-order valence-electron chi connectivity index (χ0n) is 14.1. The lowest BCUT2D eigenvalue weighted by atomic mass is 9.91. The van der Waals surface area contributed by atoms with Crippen LogP contribution in [0.2, 0.25) is 0 Å². The highest BCUT2D eigenvalue weighted by Crippen LogP contribution is 2.20. The van der Waals surface area contributed by atoms with E-state index >= 15 is 0 Å². The number of nitrogens with one attached hydrogen (secondary N) is 1. The van der Waals surface area contributed by atoms with E-state index in [4.69, 9.17) is 0 Å². The number of aryl methyl sites for hydroxylation is 1. The number of benzene rings is 2. The van der Waals surface area contributed by atoms with Gasteiger partial charge in [0.1, 0.15) is 0 Å². The normalized spacial score (nSPS) is 14.3. The van der Waals surface area contributed by atoms with Gasteiger partial charge in [-0.15, -0.1) is 0 Å². The maximum atomic E-state index is 12.7. The predicted octanol–water partition coefficient (Wildman–Crippen LogP) is 4.35. The molecule has 2 atom stereocenters. The first-order valence-electron chi connectivity index (χ1n) is 8.15. The molecule has 24 heavy (non-hydrogen) atoms. The molecule has 0 amide bonds. The lowest BCUT2D eigenvalue weighted by molar-refractivity contribution is 0.407. The quantitative estimate of drug-likeness (QED) is 0.474. The minimum Gasteiger partial charge on any atom is -0.207 e. The van der Waals surface area contributed by atoms with Gasteiger partial charge >= 0.3 is 0 Å². The smallest absolute Gasteiger partial charge is 0.207 e. The molecule has 2 aromatic rings. The van der Waals surface area contributed by atoms with Crippen LogP contribution in [0.5, 0.6) is 0 Å². The Kier molecular flexibility index (Phi) is 7.25. The van der Waals surface area contributed by atoms with Crippen molar-refractivity contribution < 1.29 is 8.42 Å². The molecule has 0 bridgehead atoms. The monoisotopic (exact) mass is 457 g/mol. The van der Waals surface area contributed by atoms with Crippen LogP contribution in [0.3, 0.4) is 0 Å². The lowest BCUT2D eigenvalue weighted by Crippen LogP contribution is -2.42. The molecule has 0 heterocycles. The molecule has 0 aliphatic heterocycles. The summed E-state index contributed by atoms with van der Waals surface area (Å²) in [5.41, 5.74) is 2.30. The summed E-state index contributed by atoms with van der Waals surface area (Å²) in [6.07, 6.45) is 1.81. The Bertz CT molecular complexity index is 730. The van der Waals surface area contributed by atoms with Crippen molar-refractivity contribution in [2.24, 2.45) is 5.92 Å². The van der Waals surface area contributed by atoms with Gasteiger partial charge in [0.05, 0.1) is 4.90 Å². The van der Waals surface area contributed by atoms with E-state index < -0.39 is 10.0 Å². The van der Waals surface area contributed by atoms with Crippen molar-refractivity contribution in [2.45, 2.75) is 37.6 Å². The van der Waals surface area contributed by atoms with Crippen molar-refractivity contribution in [2.75, 3.05) is 4.43 Å². The number of halogens is 1. The topological polar surface area (TPSA) is 46.2 Å². The van der Waals surface area contributed by atoms with Crippen LogP contribution in [0.25, 0.3) is 0 Å². The van der Waals surface area contributed by atoms with Gasteiger partial charge in [0.25, 0.3) is 0 Å². The molecule has 1 N–H and O–H groups in total. The number of hydrogen-bond donors (Lipinski definition) is 1. The Hall–Kier alpha value is -0.920. The van der Waals surface area contributed by atoms with Gasteiger partial charge in [-0.25, -0.2) is 13.1 Å². The first-order chi connectivity index (χ1) is 11.5. The summed E-state index contributed by atoms with van der Waals surface area (Å²) in [6.45, 7) is 4.07. The van der Waals surface area contributed by atoms with Crippen LogP contribution in [-0.4, -0.2) is 18.9 Å². The van der Waals surface area contributed by atoms with Crippen LogP contribution in [0.4, 0.5) is 0 Å². The largest absolute Gasteiger partial charge is 0.240 e. The highest BCUT2D eigenvalue weighted by molar-refractivity contribution is 14.1. The Morgan fingerprint density at radius 1 is 1.04 bits per heavy atom. The molecular formula is C19H24INO2S. The Morgan fingerprint density at radius 2 is 1.67 bits per heavy atom. The van der Waals surface area contributed by atoms with Gasteiger partial charge in [0.15, 0.2) is 0 Å². The Balaban J connectivity index is 2.15. The van der Waals surface area contributed by atoms with Crippen molar-refractivity contribution in [1.29, 1.82) is 0 Å². The second-order valence-electron chi connectivity index (χ2n) is 6.05. The maximum absolute atomic E-state index is 12.7. The molecule has 0 radical (unpaired) electrons. The molecule has 0 aliphatic rings. The van der Waals surface area contributed by atoms with Gasteiger partial charge in [-0.2, -0.15) is 0 Å². The molecular weight excluding hydrogens is 433 g/mol. The van der Waals surface area contributed by atoms with Crippen LogP contribution >= 0.6 is 22.6 Å². The standard InChI is InChI=1S/C19H24INO2S/c1-3-17(13-16-7-5-4-6-8-16)19(14-20)21-24(22,23)18-11-9-15(2)10-12-18/h4-12,17,19,21H,3,13-14H2,1-2H3. The van der Waals surface area contributed by atoms with Gasteiger partial charge in [-0.3, -0.25) is 0 Å². The zero-order chi connectivity index (χ0) is 17.6. The minimum atomic E-state index is -3.49. The Labute approximate surface area is 159 Å². The molecule has 0 spiro atoms. The average molecular weight is 457 g/mol. The summed E-state index contributed by atoms with van der Waals surface area (Å²) in [5.74, 6) is 0.268. The fourth-order valence-corrected chi connectivity index (χ4v) is 5.27. The Morgan fingerprint density at radius 3 is 2.21 bits per heavy atom. The van der Waals surface area contributed by atoms with Crippen LogP contribution in [-0.2, 0) is 16.4 Å². The maximum Gasteiger partial charge on any atom is 0.240 e. The zero-order valence-corrected chi connectivity index (χ0v) is 17.0. The van der Waals surface area contributed by atoms with E-state index in [-0.39, 0.29) is 12.0 Å². The molecule has 5 heteroatoms. The van der Waals surface area contributed by atoms with Crippen molar-refractivity contribution >= 4 is 32.6 Å². The average Bonchev–Trinajstić information content (AvgIpc) is 2.59. The van der Waals surface area contributed by atoms with Gasteiger partial charge < -0.3 is 0 Å². The summed E-state index contributed by atoms with van der Waals surface area (Å²) < 4.78 is 29.0. The van der Waals surface area contributed by atoms with E-state index in [2.05, 4.69) is 46.4 Å². The van der Waals surface area contributed by atoms with Crippen molar-refractivity contribution in [3.63, 3.8) is 0 Å². The summed E-state index contributed by atoms with van der Waals surface area (Å²) in [5, 5.41) is 0. The van der Waals surface area contributed by atoms with E-state index in [0.29, 0.717) is 4.90 Å². The van der Waals surface area contributed by atoms with E-state index in [0.717, 1.165) is 22.8 Å². The summed E-state index contributed by atoms with van der Waals surface area (Å²) in [6, 6.07) is 17.2. The van der Waals surface area contributed by atoms with Crippen molar-refractivity contribution in [3.05, 3.63) is 65.7 Å². The van der Waals surface area contributed by atoms with Crippen LogP contribution < -0.4 is 4.72 Å². The molecule has 0 saturated heterocycles. The predicted molar refractivity (Wildman–Crippen MR) is 108 cm³/mol. The van der Waals surface area contributed by atoms with Crippen LogP contribution in [0.15, 0.2) is 59.5 Å². The fraction of sp³-hybridized carbons (Fsp3) is 0.368. The van der Waals surface area contributed by atoms with Crippen molar-refractivity contribution in [1.82, 2.24) is 4.72 Å². The molecule has 0 saturated carbocycles. The first kappa shape index (κ1) is 19.4.